The zero-order valence-corrected chi connectivity index (χ0v) is 11.0. The highest BCUT2D eigenvalue weighted by atomic mass is 16.3. The van der Waals surface area contributed by atoms with Crippen LogP contribution in [0, 0.1) is 5.41 Å². The lowest BCUT2D eigenvalue weighted by molar-refractivity contribution is 0.132. The fourth-order valence-electron chi connectivity index (χ4n) is 1.88. The number of aliphatic hydroxyl groups is 1. The summed E-state index contributed by atoms with van der Waals surface area (Å²) in [6, 6.07) is 0.549. The highest BCUT2D eigenvalue weighted by Crippen LogP contribution is 2.17. The molecule has 0 spiro atoms. The third kappa shape index (κ3) is 6.88. The predicted molar refractivity (Wildman–Crippen MR) is 66.1 cm³/mol. The van der Waals surface area contributed by atoms with Gasteiger partial charge in [0.15, 0.2) is 0 Å². The highest BCUT2D eigenvalue weighted by Gasteiger charge is 2.22. The second kappa shape index (κ2) is 7.20. The minimum Gasteiger partial charge on any atom is -0.396 e. The summed E-state index contributed by atoms with van der Waals surface area (Å²) >= 11 is 0. The van der Waals surface area contributed by atoms with E-state index in [9.17, 15) is 0 Å². The molecule has 0 unspecified atom stereocenters. The van der Waals surface area contributed by atoms with Gasteiger partial charge in [-0.3, -0.25) is 0 Å². The van der Waals surface area contributed by atoms with E-state index in [2.05, 4.69) is 37.9 Å². The average Bonchev–Trinajstić information content (AvgIpc) is 2.11. The van der Waals surface area contributed by atoms with Gasteiger partial charge in [-0.25, -0.2) is 0 Å². The third-order valence-electron chi connectivity index (χ3n) is 2.62. The lowest BCUT2D eigenvalue weighted by atomic mass is 9.92. The molecule has 3 heteroatoms. The van der Waals surface area contributed by atoms with Crippen molar-refractivity contribution in [1.82, 2.24) is 10.2 Å². The molecule has 0 atom stereocenters. The van der Waals surface area contributed by atoms with Crippen molar-refractivity contribution >= 4 is 0 Å². The number of hydrogen-bond acceptors (Lipinski definition) is 3. The predicted octanol–water partition coefficient (Wildman–Crippen LogP) is 1.32. The Morgan fingerprint density at radius 1 is 1.33 bits per heavy atom. The van der Waals surface area contributed by atoms with Gasteiger partial charge in [0.25, 0.3) is 0 Å². The molecule has 0 amide bonds. The molecule has 92 valence electrons. The molecule has 0 saturated heterocycles. The molecule has 0 aromatic rings. The first kappa shape index (κ1) is 14.9. The molecule has 0 aliphatic heterocycles. The van der Waals surface area contributed by atoms with Crippen LogP contribution in [-0.2, 0) is 0 Å². The van der Waals surface area contributed by atoms with Crippen molar-refractivity contribution in [3.63, 3.8) is 0 Å². The molecular formula is C12H28N2O. The van der Waals surface area contributed by atoms with Crippen molar-refractivity contribution in [2.45, 2.75) is 40.2 Å². The summed E-state index contributed by atoms with van der Waals surface area (Å²) < 4.78 is 0. The first-order valence-corrected chi connectivity index (χ1v) is 5.92. The van der Waals surface area contributed by atoms with Gasteiger partial charge in [-0.2, -0.15) is 0 Å². The fourth-order valence-corrected chi connectivity index (χ4v) is 1.88. The molecule has 0 aromatic heterocycles. The van der Waals surface area contributed by atoms with E-state index in [0.717, 1.165) is 26.1 Å². The second-order valence-corrected chi connectivity index (χ2v) is 5.34. The number of nitrogens with one attached hydrogen (secondary N) is 1. The highest BCUT2D eigenvalue weighted by molar-refractivity contribution is 4.77. The lowest BCUT2D eigenvalue weighted by Gasteiger charge is -2.35. The van der Waals surface area contributed by atoms with Gasteiger partial charge in [0.1, 0.15) is 0 Å². The molecule has 15 heavy (non-hydrogen) atoms. The van der Waals surface area contributed by atoms with Crippen LogP contribution in [0.5, 0.6) is 0 Å². The van der Waals surface area contributed by atoms with E-state index in [4.69, 9.17) is 5.11 Å². The largest absolute Gasteiger partial charge is 0.396 e. The first-order valence-electron chi connectivity index (χ1n) is 5.92. The number of nitrogens with zero attached hydrogens (tertiary/aromatic N) is 1. The van der Waals surface area contributed by atoms with Crippen LogP contribution in [0.15, 0.2) is 0 Å². The van der Waals surface area contributed by atoms with Crippen molar-refractivity contribution < 1.29 is 5.11 Å². The van der Waals surface area contributed by atoms with E-state index in [-0.39, 0.29) is 12.0 Å². The zero-order valence-electron chi connectivity index (χ0n) is 11.0. The molecule has 0 aliphatic rings. The van der Waals surface area contributed by atoms with Crippen molar-refractivity contribution in [3.8, 4) is 0 Å². The molecule has 0 radical (unpaired) electrons. The van der Waals surface area contributed by atoms with Crippen molar-refractivity contribution in [3.05, 3.63) is 0 Å². The van der Waals surface area contributed by atoms with E-state index >= 15 is 0 Å². The van der Waals surface area contributed by atoms with Crippen LogP contribution >= 0.6 is 0 Å². The van der Waals surface area contributed by atoms with Gasteiger partial charge < -0.3 is 15.3 Å². The molecule has 2 N–H and O–H groups in total. The lowest BCUT2D eigenvalue weighted by Crippen LogP contribution is -2.43. The summed E-state index contributed by atoms with van der Waals surface area (Å²) in [5.41, 5.74) is 0.286. The van der Waals surface area contributed by atoms with Gasteiger partial charge in [0.05, 0.1) is 0 Å². The average molecular weight is 216 g/mol. The molecular weight excluding hydrogens is 188 g/mol. The standard InChI is InChI=1S/C12H28N2O/c1-11(2)14(7-6-8-15)10-12(3,4)9-13-5/h11,13,15H,6-10H2,1-5H3. The zero-order chi connectivity index (χ0) is 11.9. The van der Waals surface area contributed by atoms with E-state index in [1.54, 1.807) is 0 Å². The molecule has 0 saturated carbocycles. The summed E-state index contributed by atoms with van der Waals surface area (Å²) in [4.78, 5) is 2.44. The molecule has 0 bridgehead atoms. The van der Waals surface area contributed by atoms with Gasteiger partial charge >= 0.3 is 0 Å². The minimum absolute atomic E-state index is 0.286. The maximum atomic E-state index is 8.86. The van der Waals surface area contributed by atoms with Crippen molar-refractivity contribution in [1.29, 1.82) is 0 Å². The monoisotopic (exact) mass is 216 g/mol. The van der Waals surface area contributed by atoms with Crippen LogP contribution < -0.4 is 5.32 Å². The van der Waals surface area contributed by atoms with Gasteiger partial charge in [0, 0.05) is 32.3 Å². The van der Waals surface area contributed by atoms with Gasteiger partial charge in [0.2, 0.25) is 0 Å². The normalized spacial score (nSPS) is 12.8. The minimum atomic E-state index is 0.286. The van der Waals surface area contributed by atoms with Crippen LogP contribution in [0.4, 0.5) is 0 Å². The quantitative estimate of drug-likeness (QED) is 0.642. The summed E-state index contributed by atoms with van der Waals surface area (Å²) in [5.74, 6) is 0. The molecule has 0 aromatic carbocycles. The van der Waals surface area contributed by atoms with E-state index in [0.29, 0.717) is 6.04 Å². The summed E-state index contributed by atoms with van der Waals surface area (Å²) in [7, 11) is 2.00. The molecule has 0 heterocycles. The number of aliphatic hydroxyl groups excluding tert-OH is 1. The smallest absolute Gasteiger partial charge is 0.0443 e. The molecule has 0 aliphatic carbocycles. The molecule has 3 nitrogen and oxygen atoms in total. The maximum absolute atomic E-state index is 8.86. The van der Waals surface area contributed by atoms with Gasteiger partial charge in [-0.1, -0.05) is 13.8 Å². The van der Waals surface area contributed by atoms with Crippen LogP contribution in [-0.4, -0.2) is 49.3 Å². The Hall–Kier alpha value is -0.120. The Kier molecular flexibility index (Phi) is 7.14. The van der Waals surface area contributed by atoms with Crippen LogP contribution in [0.25, 0.3) is 0 Å². The molecule has 0 rings (SSSR count). The summed E-state index contributed by atoms with van der Waals surface area (Å²) in [5, 5.41) is 12.1. The van der Waals surface area contributed by atoms with Gasteiger partial charge in [-0.05, 0) is 32.7 Å². The Balaban J connectivity index is 4.14. The van der Waals surface area contributed by atoms with Gasteiger partial charge in [-0.15, -0.1) is 0 Å². The van der Waals surface area contributed by atoms with Crippen molar-refractivity contribution in [2.24, 2.45) is 5.41 Å². The Labute approximate surface area is 94.9 Å². The third-order valence-corrected chi connectivity index (χ3v) is 2.62. The fraction of sp³-hybridized carbons (Fsp3) is 1.00. The second-order valence-electron chi connectivity index (χ2n) is 5.34. The first-order chi connectivity index (χ1) is 6.93. The Bertz CT molecular complexity index is 158. The topological polar surface area (TPSA) is 35.5 Å². The van der Waals surface area contributed by atoms with Crippen LogP contribution in [0.3, 0.4) is 0 Å². The SMILES string of the molecule is CNCC(C)(C)CN(CCCO)C(C)C. The van der Waals surface area contributed by atoms with E-state index in [1.807, 2.05) is 7.05 Å². The summed E-state index contributed by atoms with van der Waals surface area (Å²) in [6.45, 7) is 12.4. The molecule has 0 fully saturated rings. The Morgan fingerprint density at radius 3 is 2.33 bits per heavy atom. The summed E-state index contributed by atoms with van der Waals surface area (Å²) in [6.07, 6.45) is 0.869. The van der Waals surface area contributed by atoms with Crippen LogP contribution in [0.2, 0.25) is 0 Å². The van der Waals surface area contributed by atoms with E-state index < -0.39 is 0 Å². The van der Waals surface area contributed by atoms with E-state index in [1.165, 1.54) is 0 Å². The Morgan fingerprint density at radius 2 is 1.93 bits per heavy atom. The number of hydrogen-bond donors (Lipinski definition) is 2. The maximum Gasteiger partial charge on any atom is 0.0443 e. The number of rotatable bonds is 8. The van der Waals surface area contributed by atoms with Crippen molar-refractivity contribution in [2.75, 3.05) is 33.3 Å². The van der Waals surface area contributed by atoms with Crippen LogP contribution in [0.1, 0.15) is 34.1 Å².